The smallest absolute Gasteiger partial charge is 0.350 e. The van der Waals surface area contributed by atoms with Gasteiger partial charge in [-0.25, -0.2) is 0 Å². The molecule has 4 rings (SSSR count). The molecule has 0 aliphatic heterocycles. The summed E-state index contributed by atoms with van der Waals surface area (Å²) in [6.45, 7) is 2.00. The summed E-state index contributed by atoms with van der Waals surface area (Å²) >= 11 is 0. The lowest BCUT2D eigenvalue weighted by molar-refractivity contribution is -0.159. The maximum absolute atomic E-state index is 12.6. The number of fused-ring (bicyclic) bond motifs is 1. The third-order valence-electron chi connectivity index (χ3n) is 4.02. The number of alkyl halides is 3. The average Bonchev–Trinajstić information content (AvgIpc) is 3.21. The zero-order valence-electron chi connectivity index (χ0n) is 13.7. The van der Waals surface area contributed by atoms with E-state index in [1.165, 1.54) is 12.3 Å². The van der Waals surface area contributed by atoms with Crippen LogP contribution in [0.15, 0.2) is 41.3 Å². The van der Waals surface area contributed by atoms with Crippen LogP contribution in [0.4, 0.5) is 13.2 Å². The number of pyridine rings is 2. The highest BCUT2D eigenvalue weighted by atomic mass is 19.4. The summed E-state index contributed by atoms with van der Waals surface area (Å²) in [7, 11) is 1.93. The van der Waals surface area contributed by atoms with Gasteiger partial charge in [0.05, 0.1) is 16.9 Å². The SMILES string of the molecule is Cc1cn(C)c2cc(-c3cc(-c4noc(C(F)(F)F)n4)ccn3)ncc12. The Balaban J connectivity index is 1.76. The summed E-state index contributed by atoms with van der Waals surface area (Å²) in [5, 5.41) is 4.42. The van der Waals surface area contributed by atoms with Crippen LogP contribution in [0.25, 0.3) is 33.7 Å². The molecule has 0 atom stereocenters. The van der Waals surface area contributed by atoms with Gasteiger partial charge >= 0.3 is 12.1 Å². The van der Waals surface area contributed by atoms with E-state index in [1.807, 2.05) is 30.8 Å². The van der Waals surface area contributed by atoms with E-state index in [9.17, 15) is 13.2 Å². The minimum Gasteiger partial charge on any atom is -0.350 e. The van der Waals surface area contributed by atoms with Gasteiger partial charge in [0.15, 0.2) is 0 Å². The number of rotatable bonds is 2. The van der Waals surface area contributed by atoms with Gasteiger partial charge in [-0.1, -0.05) is 5.16 Å². The zero-order chi connectivity index (χ0) is 18.5. The van der Waals surface area contributed by atoms with Crippen LogP contribution in [-0.2, 0) is 13.2 Å². The zero-order valence-corrected chi connectivity index (χ0v) is 13.7. The summed E-state index contributed by atoms with van der Waals surface area (Å²) in [5.41, 5.74) is 3.55. The number of halogens is 3. The van der Waals surface area contributed by atoms with Crippen molar-refractivity contribution in [2.45, 2.75) is 13.1 Å². The van der Waals surface area contributed by atoms with Gasteiger partial charge in [0.2, 0.25) is 5.82 Å². The molecule has 4 aromatic heterocycles. The van der Waals surface area contributed by atoms with Crippen LogP contribution in [0.3, 0.4) is 0 Å². The molecule has 9 heteroatoms. The van der Waals surface area contributed by atoms with E-state index in [0.29, 0.717) is 17.0 Å². The fraction of sp³-hybridized carbons (Fsp3) is 0.176. The number of hydrogen-bond acceptors (Lipinski definition) is 5. The molecule has 0 aliphatic carbocycles. The summed E-state index contributed by atoms with van der Waals surface area (Å²) in [4.78, 5) is 12.1. The summed E-state index contributed by atoms with van der Waals surface area (Å²) in [5.74, 6) is -1.54. The Labute approximate surface area is 145 Å². The van der Waals surface area contributed by atoms with Crippen molar-refractivity contribution in [1.29, 1.82) is 0 Å². The molecule has 0 N–H and O–H groups in total. The summed E-state index contributed by atoms with van der Waals surface area (Å²) in [6, 6.07) is 4.97. The molecule has 132 valence electrons. The molecule has 0 unspecified atom stereocenters. The first-order valence-corrected chi connectivity index (χ1v) is 7.62. The van der Waals surface area contributed by atoms with Gasteiger partial charge in [0.1, 0.15) is 0 Å². The van der Waals surface area contributed by atoms with Gasteiger partial charge in [-0.15, -0.1) is 0 Å². The molecular formula is C17H12F3N5O. The molecule has 6 nitrogen and oxygen atoms in total. The van der Waals surface area contributed by atoms with Crippen molar-refractivity contribution in [2.75, 3.05) is 0 Å². The van der Waals surface area contributed by atoms with Crippen molar-refractivity contribution < 1.29 is 17.7 Å². The van der Waals surface area contributed by atoms with E-state index in [1.54, 1.807) is 12.3 Å². The first-order valence-electron chi connectivity index (χ1n) is 7.62. The highest BCUT2D eigenvalue weighted by Gasteiger charge is 2.38. The molecule has 0 fully saturated rings. The maximum atomic E-state index is 12.6. The van der Waals surface area contributed by atoms with Gasteiger partial charge in [-0.3, -0.25) is 9.97 Å². The first kappa shape index (κ1) is 16.2. The van der Waals surface area contributed by atoms with Crippen molar-refractivity contribution in [1.82, 2.24) is 24.7 Å². The molecule has 26 heavy (non-hydrogen) atoms. The van der Waals surface area contributed by atoms with E-state index in [4.69, 9.17) is 0 Å². The van der Waals surface area contributed by atoms with Crippen molar-refractivity contribution >= 4 is 10.9 Å². The Morgan fingerprint density at radius 3 is 2.62 bits per heavy atom. The Hall–Kier alpha value is -3.23. The Morgan fingerprint density at radius 1 is 1.12 bits per heavy atom. The fourth-order valence-corrected chi connectivity index (χ4v) is 2.78. The van der Waals surface area contributed by atoms with E-state index >= 15 is 0 Å². The van der Waals surface area contributed by atoms with Crippen LogP contribution in [-0.4, -0.2) is 24.7 Å². The van der Waals surface area contributed by atoms with Crippen LogP contribution in [0.5, 0.6) is 0 Å². The lowest BCUT2D eigenvalue weighted by Crippen LogP contribution is -2.04. The van der Waals surface area contributed by atoms with Gasteiger partial charge in [-0.2, -0.15) is 18.2 Å². The monoisotopic (exact) mass is 359 g/mol. The normalized spacial score (nSPS) is 12.0. The lowest BCUT2D eigenvalue weighted by Gasteiger charge is -2.03. The molecule has 0 radical (unpaired) electrons. The molecular weight excluding hydrogens is 347 g/mol. The van der Waals surface area contributed by atoms with E-state index in [2.05, 4.69) is 24.6 Å². The second-order valence-corrected chi connectivity index (χ2v) is 5.86. The van der Waals surface area contributed by atoms with Crippen LogP contribution in [0.1, 0.15) is 11.5 Å². The van der Waals surface area contributed by atoms with Crippen molar-refractivity contribution in [3.8, 4) is 22.8 Å². The number of aromatic nitrogens is 5. The summed E-state index contributed by atoms with van der Waals surface area (Å²) in [6.07, 6.45) is 0.539. The standard InChI is InChI=1S/C17H12F3N5O/c1-9-8-25(2)14-6-13(22-7-11(9)14)12-5-10(3-4-21-12)15-23-16(26-24-15)17(18,19)20/h3-8H,1-2H3. The predicted molar refractivity (Wildman–Crippen MR) is 87.0 cm³/mol. The van der Waals surface area contributed by atoms with E-state index < -0.39 is 12.1 Å². The Kier molecular flexibility index (Phi) is 3.53. The molecule has 0 saturated heterocycles. The third-order valence-corrected chi connectivity index (χ3v) is 4.02. The predicted octanol–water partition coefficient (Wildman–Crippen LogP) is 4.01. The Bertz CT molecular complexity index is 1110. The lowest BCUT2D eigenvalue weighted by atomic mass is 10.1. The van der Waals surface area contributed by atoms with Gasteiger partial charge in [0, 0.05) is 36.6 Å². The van der Waals surface area contributed by atoms with Gasteiger partial charge in [0.25, 0.3) is 0 Å². The fourth-order valence-electron chi connectivity index (χ4n) is 2.78. The molecule has 4 aromatic rings. The summed E-state index contributed by atoms with van der Waals surface area (Å²) < 4.78 is 44.1. The number of aryl methyl sites for hydroxylation is 2. The second-order valence-electron chi connectivity index (χ2n) is 5.86. The quantitative estimate of drug-likeness (QED) is 0.541. The van der Waals surface area contributed by atoms with Crippen LogP contribution in [0, 0.1) is 6.92 Å². The van der Waals surface area contributed by atoms with Gasteiger partial charge < -0.3 is 9.09 Å². The number of hydrogen-bond donors (Lipinski definition) is 0. The highest BCUT2D eigenvalue weighted by Crippen LogP contribution is 2.30. The molecule has 0 spiro atoms. The topological polar surface area (TPSA) is 69.6 Å². The average molecular weight is 359 g/mol. The highest BCUT2D eigenvalue weighted by molar-refractivity contribution is 5.85. The Morgan fingerprint density at radius 2 is 1.88 bits per heavy atom. The minimum absolute atomic E-state index is 0.156. The third kappa shape index (κ3) is 2.71. The molecule has 0 aromatic carbocycles. The van der Waals surface area contributed by atoms with Crippen LogP contribution in [0.2, 0.25) is 0 Å². The van der Waals surface area contributed by atoms with Gasteiger partial charge in [-0.05, 0) is 30.7 Å². The van der Waals surface area contributed by atoms with E-state index in [-0.39, 0.29) is 5.82 Å². The maximum Gasteiger partial charge on any atom is 0.471 e. The van der Waals surface area contributed by atoms with E-state index in [0.717, 1.165) is 16.5 Å². The largest absolute Gasteiger partial charge is 0.471 e. The minimum atomic E-state index is -4.68. The molecule has 0 amide bonds. The second kappa shape index (κ2) is 5.65. The van der Waals surface area contributed by atoms with Crippen LogP contribution < -0.4 is 0 Å². The van der Waals surface area contributed by atoms with Crippen molar-refractivity contribution in [2.24, 2.45) is 7.05 Å². The molecule has 0 bridgehead atoms. The number of nitrogens with zero attached hydrogens (tertiary/aromatic N) is 5. The first-order chi connectivity index (χ1) is 12.3. The van der Waals surface area contributed by atoms with Crippen molar-refractivity contribution in [3.63, 3.8) is 0 Å². The molecule has 0 aliphatic rings. The van der Waals surface area contributed by atoms with Crippen LogP contribution >= 0.6 is 0 Å². The van der Waals surface area contributed by atoms with Crippen molar-refractivity contribution in [3.05, 3.63) is 48.2 Å². The molecule has 4 heterocycles. The molecule has 0 saturated carbocycles.